The van der Waals surface area contributed by atoms with Crippen molar-refractivity contribution in [3.8, 4) is 5.75 Å². The number of benzene rings is 2. The summed E-state index contributed by atoms with van der Waals surface area (Å²) in [6.07, 6.45) is 4.09. The Labute approximate surface area is 181 Å². The van der Waals surface area contributed by atoms with Gasteiger partial charge in [-0.05, 0) is 63.3 Å². The summed E-state index contributed by atoms with van der Waals surface area (Å²) in [6.45, 7) is 1.80. The summed E-state index contributed by atoms with van der Waals surface area (Å²) >= 11 is 0. The second kappa shape index (κ2) is 9.18. The first-order valence-corrected chi connectivity index (χ1v) is 10.4. The molecular formula is C23H27N5O3. The minimum Gasteiger partial charge on any atom is -0.484 e. The number of nitrogens with one attached hydrogen (secondary N) is 2. The van der Waals surface area contributed by atoms with Gasteiger partial charge in [0, 0.05) is 30.4 Å². The van der Waals surface area contributed by atoms with E-state index in [1.165, 1.54) is 0 Å². The van der Waals surface area contributed by atoms with Crippen LogP contribution in [-0.4, -0.2) is 53.5 Å². The zero-order chi connectivity index (χ0) is 21.8. The zero-order valence-electron chi connectivity index (χ0n) is 17.9. The number of fused-ring (bicyclic) bond motifs is 2. The van der Waals surface area contributed by atoms with E-state index < -0.39 is 0 Å². The Bertz CT molecular complexity index is 1110. The third-order valence-corrected chi connectivity index (χ3v) is 5.26. The van der Waals surface area contributed by atoms with Crippen molar-refractivity contribution in [3.63, 3.8) is 0 Å². The largest absolute Gasteiger partial charge is 0.484 e. The molecule has 0 bridgehead atoms. The van der Waals surface area contributed by atoms with Crippen molar-refractivity contribution in [1.29, 1.82) is 0 Å². The third-order valence-electron chi connectivity index (χ3n) is 5.26. The Hall–Kier alpha value is -3.39. The Kier molecular flexibility index (Phi) is 6.18. The van der Waals surface area contributed by atoms with Crippen LogP contribution in [0.25, 0.3) is 11.0 Å². The van der Waals surface area contributed by atoms with Gasteiger partial charge in [0.05, 0.1) is 17.4 Å². The molecule has 2 N–H and O–H groups in total. The highest BCUT2D eigenvalue weighted by atomic mass is 16.5. The van der Waals surface area contributed by atoms with Crippen molar-refractivity contribution < 1.29 is 14.3 Å². The van der Waals surface area contributed by atoms with Gasteiger partial charge in [0.1, 0.15) is 5.75 Å². The Morgan fingerprint density at radius 2 is 2.10 bits per heavy atom. The maximum atomic E-state index is 12.3. The molecule has 1 aromatic heterocycles. The van der Waals surface area contributed by atoms with Crippen molar-refractivity contribution in [1.82, 2.24) is 14.5 Å². The molecule has 0 radical (unpaired) electrons. The summed E-state index contributed by atoms with van der Waals surface area (Å²) < 4.78 is 7.74. The monoisotopic (exact) mass is 421 g/mol. The predicted molar refractivity (Wildman–Crippen MR) is 120 cm³/mol. The lowest BCUT2D eigenvalue weighted by molar-refractivity contribution is -0.118. The van der Waals surface area contributed by atoms with Crippen molar-refractivity contribution >= 4 is 34.2 Å². The van der Waals surface area contributed by atoms with Crippen LogP contribution in [0.4, 0.5) is 11.4 Å². The van der Waals surface area contributed by atoms with Gasteiger partial charge in [0.2, 0.25) is 5.91 Å². The first-order chi connectivity index (χ1) is 15.0. The maximum Gasteiger partial charge on any atom is 0.262 e. The zero-order valence-corrected chi connectivity index (χ0v) is 17.9. The van der Waals surface area contributed by atoms with Crippen LogP contribution in [0.15, 0.2) is 42.7 Å². The van der Waals surface area contributed by atoms with Crippen LogP contribution in [0, 0.1) is 0 Å². The number of rotatable bonds is 8. The maximum absolute atomic E-state index is 12.3. The summed E-state index contributed by atoms with van der Waals surface area (Å²) in [5.41, 5.74) is 4.39. The van der Waals surface area contributed by atoms with Gasteiger partial charge >= 0.3 is 0 Å². The van der Waals surface area contributed by atoms with Gasteiger partial charge in [-0.1, -0.05) is 6.07 Å². The average molecular weight is 422 g/mol. The molecule has 0 aliphatic carbocycles. The minimum absolute atomic E-state index is 0.00192. The molecule has 0 fully saturated rings. The van der Waals surface area contributed by atoms with E-state index in [0.717, 1.165) is 48.2 Å². The van der Waals surface area contributed by atoms with E-state index >= 15 is 0 Å². The highest BCUT2D eigenvalue weighted by Crippen LogP contribution is 2.27. The van der Waals surface area contributed by atoms with Crippen LogP contribution in [0.2, 0.25) is 0 Å². The highest BCUT2D eigenvalue weighted by Gasteiger charge is 2.15. The number of amides is 2. The van der Waals surface area contributed by atoms with E-state index in [1.54, 1.807) is 6.07 Å². The normalized spacial score (nSPS) is 13.2. The first-order valence-electron chi connectivity index (χ1n) is 10.4. The Balaban J connectivity index is 1.33. The molecule has 0 spiro atoms. The molecule has 162 valence electrons. The van der Waals surface area contributed by atoms with Crippen molar-refractivity contribution in [2.45, 2.75) is 25.8 Å². The quantitative estimate of drug-likeness (QED) is 0.584. The number of aryl methyl sites for hydroxylation is 2. The lowest BCUT2D eigenvalue weighted by Crippen LogP contribution is -2.21. The van der Waals surface area contributed by atoms with Gasteiger partial charge in [-0.25, -0.2) is 4.98 Å². The van der Waals surface area contributed by atoms with Gasteiger partial charge in [0.15, 0.2) is 6.61 Å². The van der Waals surface area contributed by atoms with Crippen molar-refractivity contribution in [2.75, 3.05) is 37.9 Å². The van der Waals surface area contributed by atoms with Gasteiger partial charge in [-0.3, -0.25) is 9.59 Å². The molecule has 8 heteroatoms. The van der Waals surface area contributed by atoms with E-state index in [2.05, 4.69) is 39.2 Å². The van der Waals surface area contributed by atoms with Crippen molar-refractivity contribution in [3.05, 3.63) is 48.3 Å². The van der Waals surface area contributed by atoms with Crippen LogP contribution in [0.5, 0.6) is 5.75 Å². The number of carbonyl (C=O) groups excluding carboxylic acids is 2. The SMILES string of the molecule is CN(C)CCCn1cnc2cc(NC(=O)COc3ccc4c(c3)NC(=O)CC4)ccc21. The molecule has 0 saturated carbocycles. The predicted octanol–water partition coefficient (Wildman–Crippen LogP) is 2.89. The summed E-state index contributed by atoms with van der Waals surface area (Å²) in [7, 11) is 4.13. The van der Waals surface area contributed by atoms with E-state index in [4.69, 9.17) is 4.74 Å². The third kappa shape index (κ3) is 5.21. The summed E-state index contributed by atoms with van der Waals surface area (Å²) in [6, 6.07) is 11.2. The molecule has 3 aromatic rings. The topological polar surface area (TPSA) is 88.5 Å². The Morgan fingerprint density at radius 3 is 2.94 bits per heavy atom. The van der Waals surface area contributed by atoms with Crippen LogP contribution in [0.1, 0.15) is 18.4 Å². The molecule has 8 nitrogen and oxygen atoms in total. The minimum atomic E-state index is -0.258. The second-order valence-electron chi connectivity index (χ2n) is 8.00. The van der Waals surface area contributed by atoms with Gasteiger partial charge < -0.3 is 24.8 Å². The summed E-state index contributed by atoms with van der Waals surface area (Å²) in [5.74, 6) is 0.285. The fourth-order valence-electron chi connectivity index (χ4n) is 3.66. The summed E-state index contributed by atoms with van der Waals surface area (Å²) in [5, 5.41) is 5.69. The van der Waals surface area contributed by atoms with E-state index in [9.17, 15) is 9.59 Å². The number of ether oxygens (including phenoxy) is 1. The number of hydrogen-bond acceptors (Lipinski definition) is 5. The van der Waals surface area contributed by atoms with Crippen LogP contribution < -0.4 is 15.4 Å². The van der Waals surface area contributed by atoms with E-state index in [1.807, 2.05) is 36.7 Å². The molecule has 0 atom stereocenters. The molecule has 2 heterocycles. The Morgan fingerprint density at radius 1 is 1.23 bits per heavy atom. The lowest BCUT2D eigenvalue weighted by atomic mass is 10.0. The van der Waals surface area contributed by atoms with Crippen LogP contribution in [0.3, 0.4) is 0 Å². The van der Waals surface area contributed by atoms with Crippen LogP contribution >= 0.6 is 0 Å². The molecule has 1 aliphatic rings. The molecule has 1 aliphatic heterocycles. The lowest BCUT2D eigenvalue weighted by Gasteiger charge is -2.17. The number of hydrogen-bond donors (Lipinski definition) is 2. The number of aromatic nitrogens is 2. The second-order valence-corrected chi connectivity index (χ2v) is 8.00. The number of carbonyl (C=O) groups is 2. The first kappa shape index (κ1) is 20.9. The van der Waals surface area contributed by atoms with Gasteiger partial charge in [0.25, 0.3) is 5.91 Å². The molecule has 2 aromatic carbocycles. The molecule has 4 rings (SSSR count). The average Bonchev–Trinajstić information content (AvgIpc) is 3.14. The number of imidazole rings is 1. The fourth-order valence-corrected chi connectivity index (χ4v) is 3.66. The molecule has 31 heavy (non-hydrogen) atoms. The van der Waals surface area contributed by atoms with E-state index in [-0.39, 0.29) is 18.4 Å². The molecule has 0 saturated heterocycles. The summed E-state index contributed by atoms with van der Waals surface area (Å²) in [4.78, 5) is 30.5. The smallest absolute Gasteiger partial charge is 0.262 e. The number of nitrogens with zero attached hydrogens (tertiary/aromatic N) is 3. The molecule has 0 unspecified atom stereocenters. The highest BCUT2D eigenvalue weighted by molar-refractivity contribution is 5.95. The number of anilines is 2. The van der Waals surface area contributed by atoms with Crippen LogP contribution in [-0.2, 0) is 22.6 Å². The molecule has 2 amide bonds. The fraction of sp³-hybridized carbons (Fsp3) is 0.348. The van der Waals surface area contributed by atoms with Gasteiger partial charge in [-0.15, -0.1) is 0 Å². The van der Waals surface area contributed by atoms with Gasteiger partial charge in [-0.2, -0.15) is 0 Å². The van der Waals surface area contributed by atoms with E-state index in [0.29, 0.717) is 17.9 Å². The molecular weight excluding hydrogens is 394 g/mol. The standard InChI is InChI=1S/C23H27N5O3/c1-27(2)10-3-11-28-15-24-20-12-17(6-8-21(20)28)25-23(30)14-31-18-7-4-16-5-9-22(29)26-19(16)13-18/h4,6-8,12-13,15H,3,5,9-11,14H2,1-2H3,(H,25,30)(H,26,29). The van der Waals surface area contributed by atoms with Crippen molar-refractivity contribution in [2.24, 2.45) is 0 Å².